The van der Waals surface area contributed by atoms with Crippen LogP contribution >= 0.6 is 0 Å². The van der Waals surface area contributed by atoms with E-state index in [9.17, 15) is 0 Å². The molecule has 1 saturated heterocycles. The highest BCUT2D eigenvalue weighted by Crippen LogP contribution is 2.20. The summed E-state index contributed by atoms with van der Waals surface area (Å²) in [5.74, 6) is 0.926. The van der Waals surface area contributed by atoms with Crippen LogP contribution in [0.1, 0.15) is 25.5 Å². The van der Waals surface area contributed by atoms with Gasteiger partial charge in [0, 0.05) is 6.54 Å². The number of nitrogens with one attached hydrogen (secondary N) is 1. The fourth-order valence-corrected chi connectivity index (χ4v) is 1.83. The molecule has 16 heavy (non-hydrogen) atoms. The van der Waals surface area contributed by atoms with Gasteiger partial charge in [0.15, 0.2) is 0 Å². The van der Waals surface area contributed by atoms with Crippen molar-refractivity contribution in [2.24, 2.45) is 0 Å². The maximum atomic E-state index is 5.60. The van der Waals surface area contributed by atoms with Crippen LogP contribution in [0, 0.1) is 0 Å². The molecule has 1 aromatic rings. The first kappa shape index (κ1) is 11.4. The normalized spacial score (nSPS) is 21.1. The van der Waals surface area contributed by atoms with E-state index in [1.807, 2.05) is 26.0 Å². The average molecular weight is 221 g/mol. The topological polar surface area (TPSA) is 30.5 Å². The van der Waals surface area contributed by atoms with Crippen LogP contribution in [0.2, 0.25) is 0 Å². The molecule has 0 spiro atoms. The SMILES string of the molecule is CC(C)Oc1ccc(C2COCCN2)cc1. The zero-order valence-electron chi connectivity index (χ0n) is 9.90. The van der Waals surface area contributed by atoms with Crippen molar-refractivity contribution in [1.29, 1.82) is 0 Å². The van der Waals surface area contributed by atoms with Gasteiger partial charge in [-0.3, -0.25) is 0 Å². The molecule has 0 saturated carbocycles. The number of benzene rings is 1. The van der Waals surface area contributed by atoms with Gasteiger partial charge in [-0.1, -0.05) is 12.1 Å². The molecule has 0 radical (unpaired) electrons. The predicted octanol–water partition coefficient (Wildman–Crippen LogP) is 2.13. The summed E-state index contributed by atoms with van der Waals surface area (Å²) in [4.78, 5) is 0. The first-order chi connectivity index (χ1) is 7.75. The monoisotopic (exact) mass is 221 g/mol. The van der Waals surface area contributed by atoms with E-state index >= 15 is 0 Å². The van der Waals surface area contributed by atoms with Gasteiger partial charge in [-0.15, -0.1) is 0 Å². The van der Waals surface area contributed by atoms with Crippen LogP contribution in [0.3, 0.4) is 0 Å². The van der Waals surface area contributed by atoms with E-state index < -0.39 is 0 Å². The molecule has 1 N–H and O–H groups in total. The number of hydrogen-bond acceptors (Lipinski definition) is 3. The van der Waals surface area contributed by atoms with Gasteiger partial charge in [0.25, 0.3) is 0 Å². The minimum atomic E-state index is 0.224. The maximum Gasteiger partial charge on any atom is 0.119 e. The van der Waals surface area contributed by atoms with Crippen LogP contribution < -0.4 is 10.1 Å². The third kappa shape index (κ3) is 2.97. The highest BCUT2D eigenvalue weighted by molar-refractivity contribution is 5.29. The Labute approximate surface area is 96.8 Å². The summed E-state index contributed by atoms with van der Waals surface area (Å²) in [6, 6.07) is 8.56. The van der Waals surface area contributed by atoms with Gasteiger partial charge in [-0.2, -0.15) is 0 Å². The fraction of sp³-hybridized carbons (Fsp3) is 0.538. The first-order valence-corrected chi connectivity index (χ1v) is 5.83. The molecule has 0 aliphatic carbocycles. The lowest BCUT2D eigenvalue weighted by Crippen LogP contribution is -2.34. The zero-order valence-corrected chi connectivity index (χ0v) is 9.90. The molecule has 1 aliphatic rings. The fourth-order valence-electron chi connectivity index (χ4n) is 1.83. The van der Waals surface area contributed by atoms with Crippen LogP contribution in [0.15, 0.2) is 24.3 Å². The molecule has 0 aromatic heterocycles. The summed E-state index contributed by atoms with van der Waals surface area (Å²) in [5.41, 5.74) is 1.26. The molecule has 88 valence electrons. The molecule has 2 rings (SSSR count). The van der Waals surface area contributed by atoms with Crippen molar-refractivity contribution in [3.05, 3.63) is 29.8 Å². The number of rotatable bonds is 3. The Kier molecular flexibility index (Phi) is 3.80. The Balaban J connectivity index is 2.00. The Morgan fingerprint density at radius 2 is 2.06 bits per heavy atom. The minimum Gasteiger partial charge on any atom is -0.491 e. The minimum absolute atomic E-state index is 0.224. The van der Waals surface area contributed by atoms with Gasteiger partial charge in [0.1, 0.15) is 5.75 Å². The second-order valence-corrected chi connectivity index (χ2v) is 4.32. The largest absolute Gasteiger partial charge is 0.491 e. The Hall–Kier alpha value is -1.06. The number of ether oxygens (including phenoxy) is 2. The summed E-state index contributed by atoms with van der Waals surface area (Å²) in [6.07, 6.45) is 0.224. The van der Waals surface area contributed by atoms with Crippen molar-refractivity contribution < 1.29 is 9.47 Å². The third-order valence-corrected chi connectivity index (χ3v) is 2.58. The molecule has 0 amide bonds. The van der Waals surface area contributed by atoms with E-state index in [1.54, 1.807) is 0 Å². The maximum absolute atomic E-state index is 5.60. The number of hydrogen-bond donors (Lipinski definition) is 1. The lowest BCUT2D eigenvalue weighted by atomic mass is 10.1. The zero-order chi connectivity index (χ0) is 11.4. The lowest BCUT2D eigenvalue weighted by molar-refractivity contribution is 0.0768. The Morgan fingerprint density at radius 3 is 2.62 bits per heavy atom. The van der Waals surface area contributed by atoms with Gasteiger partial charge < -0.3 is 14.8 Å². The standard InChI is InChI=1S/C13H19NO2/c1-10(2)16-12-5-3-11(4-6-12)13-9-15-8-7-14-13/h3-6,10,13-14H,7-9H2,1-2H3. The molecule has 1 fully saturated rings. The van der Waals surface area contributed by atoms with Crippen LogP contribution in [-0.4, -0.2) is 25.9 Å². The molecule has 3 heteroatoms. The van der Waals surface area contributed by atoms with Crippen LogP contribution in [0.4, 0.5) is 0 Å². The third-order valence-electron chi connectivity index (χ3n) is 2.58. The number of morpholine rings is 1. The summed E-state index contributed by atoms with van der Waals surface area (Å²) >= 11 is 0. The Morgan fingerprint density at radius 1 is 1.31 bits per heavy atom. The molecule has 0 bridgehead atoms. The van der Waals surface area contributed by atoms with E-state index in [0.29, 0.717) is 6.04 Å². The van der Waals surface area contributed by atoms with Crippen LogP contribution in [-0.2, 0) is 4.74 Å². The molecule has 1 aliphatic heterocycles. The molecule has 1 unspecified atom stereocenters. The second-order valence-electron chi connectivity index (χ2n) is 4.32. The molecule has 1 heterocycles. The second kappa shape index (κ2) is 5.32. The van der Waals surface area contributed by atoms with E-state index in [4.69, 9.17) is 9.47 Å². The molecular weight excluding hydrogens is 202 g/mol. The smallest absolute Gasteiger partial charge is 0.119 e. The molecule has 1 aromatic carbocycles. The summed E-state index contributed by atoms with van der Waals surface area (Å²) < 4.78 is 11.0. The molecule has 3 nitrogen and oxygen atoms in total. The molecule has 1 atom stereocenters. The van der Waals surface area contributed by atoms with Crippen molar-refractivity contribution in [2.45, 2.75) is 26.0 Å². The quantitative estimate of drug-likeness (QED) is 0.848. The van der Waals surface area contributed by atoms with Crippen molar-refractivity contribution >= 4 is 0 Å². The van der Waals surface area contributed by atoms with Gasteiger partial charge in [-0.05, 0) is 31.5 Å². The average Bonchev–Trinajstić information content (AvgIpc) is 2.30. The van der Waals surface area contributed by atoms with Gasteiger partial charge in [0.2, 0.25) is 0 Å². The van der Waals surface area contributed by atoms with Crippen LogP contribution in [0.5, 0.6) is 5.75 Å². The van der Waals surface area contributed by atoms with E-state index in [0.717, 1.165) is 25.5 Å². The Bertz CT molecular complexity index is 315. The van der Waals surface area contributed by atoms with Crippen molar-refractivity contribution in [1.82, 2.24) is 5.32 Å². The lowest BCUT2D eigenvalue weighted by Gasteiger charge is -2.24. The van der Waals surface area contributed by atoms with Crippen molar-refractivity contribution in [3.63, 3.8) is 0 Å². The summed E-state index contributed by atoms with van der Waals surface area (Å²) in [5, 5.41) is 3.43. The van der Waals surface area contributed by atoms with E-state index in [2.05, 4.69) is 17.4 Å². The van der Waals surface area contributed by atoms with E-state index in [-0.39, 0.29) is 6.10 Å². The van der Waals surface area contributed by atoms with Crippen molar-refractivity contribution in [3.8, 4) is 5.75 Å². The first-order valence-electron chi connectivity index (χ1n) is 5.83. The summed E-state index contributed by atoms with van der Waals surface area (Å²) in [7, 11) is 0. The predicted molar refractivity (Wildman–Crippen MR) is 63.8 cm³/mol. The van der Waals surface area contributed by atoms with E-state index in [1.165, 1.54) is 5.56 Å². The van der Waals surface area contributed by atoms with Gasteiger partial charge >= 0.3 is 0 Å². The summed E-state index contributed by atoms with van der Waals surface area (Å²) in [6.45, 7) is 6.55. The van der Waals surface area contributed by atoms with Crippen LogP contribution in [0.25, 0.3) is 0 Å². The van der Waals surface area contributed by atoms with Crippen molar-refractivity contribution in [2.75, 3.05) is 19.8 Å². The van der Waals surface area contributed by atoms with Gasteiger partial charge in [-0.25, -0.2) is 0 Å². The highest BCUT2D eigenvalue weighted by atomic mass is 16.5. The molecular formula is C13H19NO2. The van der Waals surface area contributed by atoms with Gasteiger partial charge in [0.05, 0.1) is 25.4 Å². The highest BCUT2D eigenvalue weighted by Gasteiger charge is 2.14.